The number of hydrogen-bond acceptors (Lipinski definition) is 4. The summed E-state index contributed by atoms with van der Waals surface area (Å²) in [6, 6.07) is 2.98. The van der Waals surface area contributed by atoms with Gasteiger partial charge in [0, 0.05) is 32.9 Å². The van der Waals surface area contributed by atoms with Crippen LogP contribution in [0.25, 0.3) is 0 Å². The Balaban J connectivity index is 2.84. The van der Waals surface area contributed by atoms with Gasteiger partial charge in [-0.3, -0.25) is 4.79 Å². The van der Waals surface area contributed by atoms with Gasteiger partial charge in [0.2, 0.25) is 0 Å². The summed E-state index contributed by atoms with van der Waals surface area (Å²) in [4.78, 5) is 17.8. The van der Waals surface area contributed by atoms with Crippen molar-refractivity contribution < 1.29 is 14.3 Å². The van der Waals surface area contributed by atoms with Crippen LogP contribution in [0.5, 0.6) is 0 Å². The summed E-state index contributed by atoms with van der Waals surface area (Å²) < 4.78 is 9.97. The van der Waals surface area contributed by atoms with Crippen LogP contribution in [-0.2, 0) is 9.47 Å². The molecule has 0 aliphatic rings. The lowest BCUT2D eigenvalue weighted by Crippen LogP contribution is -2.36. The van der Waals surface area contributed by atoms with E-state index in [-0.39, 0.29) is 16.2 Å². The highest BCUT2D eigenvalue weighted by Crippen LogP contribution is 2.16. The van der Waals surface area contributed by atoms with Gasteiger partial charge in [-0.15, -0.1) is 0 Å². The van der Waals surface area contributed by atoms with Crippen LogP contribution in [0.4, 0.5) is 0 Å². The van der Waals surface area contributed by atoms with E-state index in [2.05, 4.69) is 4.98 Å². The van der Waals surface area contributed by atoms with E-state index in [9.17, 15) is 4.79 Å². The maximum atomic E-state index is 12.3. The largest absolute Gasteiger partial charge is 0.383 e. The van der Waals surface area contributed by atoms with Crippen LogP contribution in [0, 0.1) is 0 Å². The number of hydrogen-bond donors (Lipinski definition) is 0. The van der Waals surface area contributed by atoms with Crippen LogP contribution in [0.2, 0.25) is 10.3 Å². The van der Waals surface area contributed by atoms with E-state index in [1.54, 1.807) is 19.1 Å². The predicted molar refractivity (Wildman–Crippen MR) is 73.9 cm³/mol. The highest BCUT2D eigenvalue weighted by Gasteiger charge is 2.16. The van der Waals surface area contributed by atoms with Crippen LogP contribution in [0.3, 0.4) is 0 Å². The first-order valence-electron chi connectivity index (χ1n) is 5.68. The summed E-state index contributed by atoms with van der Waals surface area (Å²) in [5.41, 5.74) is 0.400. The molecular formula is C12H16Cl2N2O3. The second-order valence-corrected chi connectivity index (χ2v) is 4.55. The van der Waals surface area contributed by atoms with Gasteiger partial charge in [0.25, 0.3) is 5.91 Å². The number of carbonyl (C=O) groups is 1. The maximum absolute atomic E-state index is 12.3. The quantitative estimate of drug-likeness (QED) is 0.724. The number of pyridine rings is 1. The molecule has 0 saturated carbocycles. The summed E-state index contributed by atoms with van der Waals surface area (Å²) >= 11 is 11.6. The average Bonchev–Trinajstić information content (AvgIpc) is 2.37. The van der Waals surface area contributed by atoms with Crippen molar-refractivity contribution in [3.8, 4) is 0 Å². The lowest BCUT2D eigenvalue weighted by Gasteiger charge is -2.22. The van der Waals surface area contributed by atoms with Crippen LogP contribution >= 0.6 is 23.2 Å². The fourth-order valence-corrected chi connectivity index (χ4v) is 1.95. The minimum absolute atomic E-state index is 0.180. The topological polar surface area (TPSA) is 51.7 Å². The highest BCUT2D eigenvalue weighted by molar-refractivity contribution is 6.33. The van der Waals surface area contributed by atoms with Crippen molar-refractivity contribution in [3.05, 3.63) is 28.0 Å². The van der Waals surface area contributed by atoms with Gasteiger partial charge in [-0.1, -0.05) is 23.2 Å². The van der Waals surface area contributed by atoms with Gasteiger partial charge in [-0.05, 0) is 12.1 Å². The molecule has 1 aromatic rings. The van der Waals surface area contributed by atoms with Crippen molar-refractivity contribution in [2.45, 2.75) is 0 Å². The number of carbonyl (C=O) groups excluding carboxylic acids is 1. The van der Waals surface area contributed by atoms with E-state index < -0.39 is 0 Å². The van der Waals surface area contributed by atoms with Crippen LogP contribution in [-0.4, -0.2) is 56.3 Å². The number of nitrogens with zero attached hydrogens (tertiary/aromatic N) is 2. The molecule has 1 amide bonds. The molecule has 7 heteroatoms. The van der Waals surface area contributed by atoms with Crippen molar-refractivity contribution in [1.82, 2.24) is 9.88 Å². The minimum Gasteiger partial charge on any atom is -0.383 e. The monoisotopic (exact) mass is 306 g/mol. The molecule has 1 rings (SSSR count). The number of halogens is 2. The van der Waals surface area contributed by atoms with Crippen LogP contribution in [0.15, 0.2) is 12.1 Å². The molecule has 0 fully saturated rings. The SMILES string of the molecule is COCCN(CCOC)C(=O)c1cc(Cl)nc(Cl)c1. The first-order valence-corrected chi connectivity index (χ1v) is 6.44. The van der Waals surface area contributed by atoms with E-state index in [1.807, 2.05) is 0 Å². The molecule has 0 aliphatic heterocycles. The van der Waals surface area contributed by atoms with Gasteiger partial charge in [0.05, 0.1) is 13.2 Å². The zero-order valence-electron chi connectivity index (χ0n) is 10.9. The highest BCUT2D eigenvalue weighted by atomic mass is 35.5. The molecule has 1 aromatic heterocycles. The summed E-state index contributed by atoms with van der Waals surface area (Å²) in [6.45, 7) is 1.83. The number of methoxy groups -OCH3 is 2. The van der Waals surface area contributed by atoms with E-state index in [0.29, 0.717) is 31.9 Å². The molecule has 0 saturated heterocycles. The van der Waals surface area contributed by atoms with E-state index in [1.165, 1.54) is 12.1 Å². The Morgan fingerprint density at radius 2 is 1.63 bits per heavy atom. The van der Waals surface area contributed by atoms with E-state index >= 15 is 0 Å². The maximum Gasteiger partial charge on any atom is 0.254 e. The van der Waals surface area contributed by atoms with E-state index in [0.717, 1.165) is 0 Å². The smallest absolute Gasteiger partial charge is 0.254 e. The fraction of sp³-hybridized carbons (Fsp3) is 0.500. The Morgan fingerprint density at radius 3 is 2.05 bits per heavy atom. The lowest BCUT2D eigenvalue weighted by atomic mass is 10.2. The van der Waals surface area contributed by atoms with E-state index in [4.69, 9.17) is 32.7 Å². The molecule has 0 spiro atoms. The van der Waals surface area contributed by atoms with Crippen LogP contribution < -0.4 is 0 Å². The Morgan fingerprint density at radius 1 is 1.16 bits per heavy atom. The predicted octanol–water partition coefficient (Wildman–Crippen LogP) is 2.12. The Labute approximate surface area is 122 Å². The molecule has 0 N–H and O–H groups in total. The van der Waals surface area contributed by atoms with Crippen molar-refractivity contribution >= 4 is 29.1 Å². The first kappa shape index (κ1) is 16.2. The summed E-state index contributed by atoms with van der Waals surface area (Å²) in [7, 11) is 3.16. The Kier molecular flexibility index (Phi) is 7.09. The number of amides is 1. The molecule has 0 radical (unpaired) electrons. The van der Waals surface area contributed by atoms with Crippen molar-refractivity contribution in [1.29, 1.82) is 0 Å². The molecule has 0 unspecified atom stereocenters. The third-order valence-electron chi connectivity index (χ3n) is 2.43. The molecule has 1 heterocycles. The second kappa shape index (κ2) is 8.32. The lowest BCUT2D eigenvalue weighted by molar-refractivity contribution is 0.0627. The number of ether oxygens (including phenoxy) is 2. The van der Waals surface area contributed by atoms with Crippen LogP contribution in [0.1, 0.15) is 10.4 Å². The second-order valence-electron chi connectivity index (χ2n) is 3.78. The Hall–Kier alpha value is -0.880. The van der Waals surface area contributed by atoms with Crippen molar-refractivity contribution in [2.75, 3.05) is 40.5 Å². The van der Waals surface area contributed by atoms with Gasteiger partial charge in [0.1, 0.15) is 10.3 Å². The fourth-order valence-electron chi connectivity index (χ4n) is 1.49. The minimum atomic E-state index is -0.180. The summed E-state index contributed by atoms with van der Waals surface area (Å²) in [5, 5.41) is 0.378. The summed E-state index contributed by atoms with van der Waals surface area (Å²) in [6.07, 6.45) is 0. The molecule has 5 nitrogen and oxygen atoms in total. The van der Waals surface area contributed by atoms with Crippen molar-refractivity contribution in [3.63, 3.8) is 0 Å². The van der Waals surface area contributed by atoms with Gasteiger partial charge in [-0.2, -0.15) is 0 Å². The Bertz CT molecular complexity index is 401. The molecule has 0 atom stereocenters. The normalized spacial score (nSPS) is 10.5. The zero-order valence-corrected chi connectivity index (χ0v) is 12.4. The molecular weight excluding hydrogens is 291 g/mol. The molecule has 0 bridgehead atoms. The van der Waals surface area contributed by atoms with Crippen molar-refractivity contribution in [2.24, 2.45) is 0 Å². The molecule has 0 aromatic carbocycles. The molecule has 106 valence electrons. The van der Waals surface area contributed by atoms with Gasteiger partial charge in [-0.25, -0.2) is 4.98 Å². The molecule has 0 aliphatic carbocycles. The first-order chi connectivity index (χ1) is 9.08. The number of aromatic nitrogens is 1. The average molecular weight is 307 g/mol. The third kappa shape index (κ3) is 5.32. The standard InChI is InChI=1S/C12H16Cl2N2O3/c1-18-5-3-16(4-6-19-2)12(17)9-7-10(13)15-11(14)8-9/h7-8H,3-6H2,1-2H3. The zero-order chi connectivity index (χ0) is 14.3. The van der Waals surface area contributed by atoms with Gasteiger partial charge >= 0.3 is 0 Å². The third-order valence-corrected chi connectivity index (χ3v) is 2.81. The number of rotatable bonds is 7. The summed E-state index contributed by atoms with van der Waals surface area (Å²) in [5.74, 6) is -0.180. The van der Waals surface area contributed by atoms with Gasteiger partial charge < -0.3 is 14.4 Å². The van der Waals surface area contributed by atoms with Gasteiger partial charge in [0.15, 0.2) is 0 Å². The molecule has 19 heavy (non-hydrogen) atoms.